The van der Waals surface area contributed by atoms with Gasteiger partial charge in [0.25, 0.3) is 5.88 Å². The minimum Gasteiger partial charge on any atom is -0.507 e. The number of likely N-dealkylation sites (tertiary alicyclic amines) is 1. The number of hydrogen-bond acceptors (Lipinski definition) is 17. The highest BCUT2D eigenvalue weighted by Gasteiger charge is 2.42. The standard InChI is InChI=1S/C54H66N12O6S/c1-34(2)50(54(69)65-19-7-9-44(65)53(68)58-35(3)37-11-13-38(14-12-37)51-36(4)57-33-73-51)47-30-49(61-72-47)71-27-25-63-22-20-62(21-23-63)24-26-70-48-28-39(17-18-56-48)66-40-15-16-41(66)32-64(31-40)45-29-43(59-60-52(45)55)42-8-5-6-10-46(42)67/h5-6,8,10-14,17-18,28-30,33-35,40-41,44,50,67H,7,9,15-16,19-27,31-32H2,1-4H3,(H2,55,60)(H,58,68)/t35-,40?,41?,44-,50?/m0/s1. The van der Waals surface area contributed by atoms with Crippen molar-refractivity contribution in [2.45, 2.75) is 83.5 Å². The third-order valence-electron chi connectivity index (χ3n) is 15.0. The Morgan fingerprint density at radius 3 is 2.26 bits per heavy atom. The van der Waals surface area contributed by atoms with Gasteiger partial charge in [0, 0.05) is 101 Å². The van der Waals surface area contributed by atoms with Crippen LogP contribution in [0.1, 0.15) is 75.4 Å². The summed E-state index contributed by atoms with van der Waals surface area (Å²) in [5.41, 5.74) is 14.5. The number of fused-ring (bicyclic) bond motifs is 2. The minimum absolute atomic E-state index is 0.0885. The van der Waals surface area contributed by atoms with Gasteiger partial charge in [0.05, 0.1) is 33.5 Å². The SMILES string of the molecule is Cc1ncsc1-c1ccc([C@H](C)NC(=O)[C@@H]2CCCN2C(=O)C(c2cc(OCCN3CCN(CCOc4cc(N5C6CCC5CN(c5cc(-c7ccccc7O)nnc5N)C6)ccn4)CC3)no2)C(C)C)cc1. The maximum absolute atomic E-state index is 14.2. The van der Waals surface area contributed by atoms with Crippen LogP contribution in [0.3, 0.4) is 0 Å². The Morgan fingerprint density at radius 1 is 0.863 bits per heavy atom. The van der Waals surface area contributed by atoms with E-state index in [2.05, 4.69) is 74.5 Å². The van der Waals surface area contributed by atoms with Crippen LogP contribution in [0.15, 0.2) is 89.0 Å². The van der Waals surface area contributed by atoms with Crippen LogP contribution < -0.4 is 30.3 Å². The Hall–Kier alpha value is -6.83. The molecule has 5 atom stereocenters. The summed E-state index contributed by atoms with van der Waals surface area (Å²) in [7, 11) is 0. The molecule has 6 aromatic rings. The van der Waals surface area contributed by atoms with Gasteiger partial charge in [0.2, 0.25) is 17.7 Å². The van der Waals surface area contributed by atoms with Gasteiger partial charge in [-0.1, -0.05) is 50.2 Å². The molecule has 4 aromatic heterocycles. The van der Waals surface area contributed by atoms with Crippen LogP contribution in [0.2, 0.25) is 0 Å². The largest absolute Gasteiger partial charge is 0.507 e. The second kappa shape index (κ2) is 22.1. The van der Waals surface area contributed by atoms with Gasteiger partial charge in [-0.25, -0.2) is 9.97 Å². The number of phenolic OH excluding ortho intramolecular Hbond substituents is 1. The number of anilines is 3. The Morgan fingerprint density at radius 2 is 1.58 bits per heavy atom. The van der Waals surface area contributed by atoms with Crippen LogP contribution >= 0.6 is 11.3 Å². The summed E-state index contributed by atoms with van der Waals surface area (Å²) in [6, 6.07) is 23.0. The van der Waals surface area contributed by atoms with E-state index in [0.29, 0.717) is 72.9 Å². The molecule has 384 valence electrons. The summed E-state index contributed by atoms with van der Waals surface area (Å²) in [6.07, 6.45) is 5.33. The number of carbonyl (C=O) groups is 2. The number of piperazine rings is 2. The lowest BCUT2D eigenvalue weighted by molar-refractivity contribution is -0.141. The highest BCUT2D eigenvalue weighted by Crippen LogP contribution is 2.40. The average molecular weight is 1010 g/mol. The predicted molar refractivity (Wildman–Crippen MR) is 281 cm³/mol. The van der Waals surface area contributed by atoms with Crippen LogP contribution in [0.5, 0.6) is 17.5 Å². The highest BCUT2D eigenvalue weighted by molar-refractivity contribution is 7.13. The van der Waals surface area contributed by atoms with Crippen LogP contribution in [-0.4, -0.2) is 147 Å². The third kappa shape index (κ3) is 11.1. The van der Waals surface area contributed by atoms with Crippen LogP contribution in [0, 0.1) is 12.8 Å². The normalized spacial score (nSPS) is 20.1. The number of para-hydroxylation sites is 1. The second-order valence-electron chi connectivity index (χ2n) is 20.0. The van der Waals surface area contributed by atoms with E-state index in [1.165, 1.54) is 0 Å². The van der Waals surface area contributed by atoms with Crippen molar-refractivity contribution in [1.29, 1.82) is 0 Å². The Balaban J connectivity index is 0.649. The summed E-state index contributed by atoms with van der Waals surface area (Å²) in [5, 5.41) is 26.4. The quantitative estimate of drug-likeness (QED) is 0.0811. The minimum atomic E-state index is -0.600. The number of rotatable bonds is 18. The lowest BCUT2D eigenvalue weighted by Crippen LogP contribution is -2.54. The van der Waals surface area contributed by atoms with Gasteiger partial charge < -0.3 is 44.9 Å². The number of aromatic hydroxyl groups is 1. The Bertz CT molecular complexity index is 2840. The molecule has 2 aromatic carbocycles. The van der Waals surface area contributed by atoms with Crippen LogP contribution in [0.4, 0.5) is 17.2 Å². The van der Waals surface area contributed by atoms with Gasteiger partial charge in [0.1, 0.15) is 30.9 Å². The zero-order valence-corrected chi connectivity index (χ0v) is 42.9. The van der Waals surface area contributed by atoms with Crippen molar-refractivity contribution in [2.75, 3.05) is 87.7 Å². The lowest BCUT2D eigenvalue weighted by atomic mass is 9.91. The molecule has 2 amide bonds. The molecule has 0 spiro atoms. The number of aromatic nitrogens is 5. The fourth-order valence-corrected chi connectivity index (χ4v) is 11.8. The fourth-order valence-electron chi connectivity index (χ4n) is 11.0. The maximum Gasteiger partial charge on any atom is 0.254 e. The van der Waals surface area contributed by atoms with Crippen molar-refractivity contribution in [3.8, 4) is 39.2 Å². The molecule has 18 nitrogen and oxygen atoms in total. The van der Waals surface area contributed by atoms with E-state index in [-0.39, 0.29) is 29.5 Å². The molecule has 2 bridgehead atoms. The molecular formula is C54H66N12O6S. The summed E-state index contributed by atoms with van der Waals surface area (Å²) < 4.78 is 18.1. The number of carbonyl (C=O) groups excluding carboxylic acids is 2. The molecule has 73 heavy (non-hydrogen) atoms. The van der Waals surface area contributed by atoms with Crippen molar-refractivity contribution < 1.29 is 28.7 Å². The number of thiazole rings is 1. The maximum atomic E-state index is 14.2. The first-order chi connectivity index (χ1) is 35.5. The smallest absolute Gasteiger partial charge is 0.254 e. The number of phenols is 1. The molecule has 4 fully saturated rings. The molecule has 8 heterocycles. The molecule has 4 N–H and O–H groups in total. The molecule has 4 aliphatic rings. The Kier molecular flexibility index (Phi) is 15.1. The van der Waals surface area contributed by atoms with Crippen molar-refractivity contribution in [3.63, 3.8) is 0 Å². The number of aryl methyl sites for hydroxylation is 1. The molecule has 0 aliphatic carbocycles. The number of ether oxygens (including phenoxy) is 2. The van der Waals surface area contributed by atoms with Gasteiger partial charge in [-0.05, 0) is 86.0 Å². The molecule has 4 aliphatic heterocycles. The number of nitrogens with one attached hydrogen (secondary N) is 1. The first-order valence-electron chi connectivity index (χ1n) is 25.7. The van der Waals surface area contributed by atoms with Gasteiger partial charge in [-0.3, -0.25) is 19.4 Å². The first kappa shape index (κ1) is 49.7. The van der Waals surface area contributed by atoms with E-state index in [0.717, 1.165) is 105 Å². The molecule has 3 unspecified atom stereocenters. The van der Waals surface area contributed by atoms with Crippen molar-refractivity contribution in [3.05, 3.63) is 102 Å². The lowest BCUT2D eigenvalue weighted by Gasteiger charge is -2.43. The van der Waals surface area contributed by atoms with E-state index in [9.17, 15) is 14.7 Å². The topological polar surface area (TPSA) is 205 Å². The molecule has 0 saturated carbocycles. The van der Waals surface area contributed by atoms with Gasteiger partial charge >= 0.3 is 0 Å². The summed E-state index contributed by atoms with van der Waals surface area (Å²) >= 11 is 1.61. The molecular weight excluding hydrogens is 945 g/mol. The monoisotopic (exact) mass is 1010 g/mol. The molecule has 10 rings (SSSR count). The summed E-state index contributed by atoms with van der Waals surface area (Å²) in [4.78, 5) is 49.3. The first-order valence-corrected chi connectivity index (χ1v) is 26.5. The van der Waals surface area contributed by atoms with E-state index >= 15 is 0 Å². The van der Waals surface area contributed by atoms with E-state index in [1.807, 2.05) is 69.7 Å². The zero-order chi connectivity index (χ0) is 50.6. The summed E-state index contributed by atoms with van der Waals surface area (Å²) in [6.45, 7) is 16.2. The second-order valence-corrected chi connectivity index (χ2v) is 20.9. The highest BCUT2D eigenvalue weighted by atomic mass is 32.1. The number of benzene rings is 2. The van der Waals surface area contributed by atoms with Crippen molar-refractivity contribution in [1.82, 2.24) is 45.3 Å². The number of nitrogens with two attached hydrogens (primary N) is 1. The van der Waals surface area contributed by atoms with Crippen LogP contribution in [-0.2, 0) is 9.59 Å². The third-order valence-corrected chi connectivity index (χ3v) is 15.9. The predicted octanol–water partition coefficient (Wildman–Crippen LogP) is 6.79. The number of pyridine rings is 1. The van der Waals surface area contributed by atoms with E-state index < -0.39 is 12.0 Å². The Labute approximate surface area is 430 Å². The summed E-state index contributed by atoms with van der Waals surface area (Å²) in [5.74, 6) is 0.994. The number of nitrogens with zero attached hydrogens (tertiary/aromatic N) is 10. The van der Waals surface area contributed by atoms with E-state index in [1.54, 1.807) is 34.4 Å². The molecule has 19 heteroatoms. The van der Waals surface area contributed by atoms with E-state index in [4.69, 9.17) is 19.7 Å². The van der Waals surface area contributed by atoms with Gasteiger partial charge in [-0.2, -0.15) is 0 Å². The number of amides is 2. The van der Waals surface area contributed by atoms with Crippen molar-refractivity contribution in [2.24, 2.45) is 5.92 Å². The molecule has 4 saturated heterocycles. The number of nitrogen functional groups attached to an aromatic ring is 1. The van der Waals surface area contributed by atoms with Crippen LogP contribution in [0.25, 0.3) is 21.7 Å². The zero-order valence-electron chi connectivity index (χ0n) is 42.1. The van der Waals surface area contributed by atoms with Gasteiger partial charge in [0.15, 0.2) is 11.6 Å². The van der Waals surface area contributed by atoms with Crippen molar-refractivity contribution >= 4 is 40.3 Å². The molecule has 0 radical (unpaired) electrons. The fraction of sp³-hybridized carbons (Fsp3) is 0.463. The average Bonchev–Trinajstić information content (AvgIpc) is 4.22. The number of hydrogen-bond donors (Lipinski definition) is 3. The van der Waals surface area contributed by atoms with Gasteiger partial charge in [-0.15, -0.1) is 21.5 Å².